The van der Waals surface area contributed by atoms with E-state index in [1.165, 1.54) is 12.3 Å². The lowest BCUT2D eigenvalue weighted by atomic mass is 10.2. The van der Waals surface area contributed by atoms with Gasteiger partial charge in [-0.25, -0.2) is 4.39 Å². The number of ether oxygens (including phenoxy) is 1. The van der Waals surface area contributed by atoms with E-state index < -0.39 is 5.82 Å². The topological polar surface area (TPSA) is 80.7 Å². The highest BCUT2D eigenvalue weighted by Gasteiger charge is 2.09. The zero-order valence-corrected chi connectivity index (χ0v) is 11.8. The third-order valence-electron chi connectivity index (χ3n) is 2.48. The Labute approximate surface area is 123 Å². The molecule has 1 heterocycles. The van der Waals surface area contributed by atoms with Crippen LogP contribution in [0.2, 0.25) is 0 Å². The second kappa shape index (κ2) is 6.33. The standard InChI is InChI=1S/C13H11BrFN3O2/c14-9-1-2-12(11(4-9)13(16)18-19)20-7-8-3-10(15)6-17-5-8/h1-6,19H,7H2,(H2,16,18). The van der Waals surface area contributed by atoms with E-state index in [0.29, 0.717) is 16.9 Å². The summed E-state index contributed by atoms with van der Waals surface area (Å²) in [6, 6.07) is 6.42. The van der Waals surface area contributed by atoms with Gasteiger partial charge in [0.15, 0.2) is 5.84 Å². The van der Waals surface area contributed by atoms with Gasteiger partial charge in [-0.3, -0.25) is 4.98 Å². The van der Waals surface area contributed by atoms with E-state index in [9.17, 15) is 4.39 Å². The van der Waals surface area contributed by atoms with Crippen LogP contribution in [0.4, 0.5) is 4.39 Å². The quantitative estimate of drug-likeness (QED) is 0.388. The lowest BCUT2D eigenvalue weighted by Gasteiger charge is -2.11. The first-order valence-electron chi connectivity index (χ1n) is 5.60. The fourth-order valence-corrected chi connectivity index (χ4v) is 1.94. The van der Waals surface area contributed by atoms with Gasteiger partial charge in [0.05, 0.1) is 11.8 Å². The summed E-state index contributed by atoms with van der Waals surface area (Å²) in [6.45, 7) is 0.123. The van der Waals surface area contributed by atoms with Crippen LogP contribution in [0.5, 0.6) is 5.75 Å². The lowest BCUT2D eigenvalue weighted by Crippen LogP contribution is -2.15. The van der Waals surface area contributed by atoms with Crippen LogP contribution in [0, 0.1) is 5.82 Å². The minimum absolute atomic E-state index is 0.0707. The zero-order chi connectivity index (χ0) is 14.5. The van der Waals surface area contributed by atoms with Gasteiger partial charge in [0.25, 0.3) is 0 Å². The molecule has 1 aromatic heterocycles. The van der Waals surface area contributed by atoms with Crippen molar-refractivity contribution >= 4 is 21.8 Å². The molecule has 0 spiro atoms. The smallest absolute Gasteiger partial charge is 0.173 e. The highest BCUT2D eigenvalue weighted by atomic mass is 79.9. The predicted octanol–water partition coefficient (Wildman–Crippen LogP) is 2.66. The largest absolute Gasteiger partial charge is 0.488 e. The van der Waals surface area contributed by atoms with E-state index in [2.05, 4.69) is 26.1 Å². The van der Waals surface area contributed by atoms with E-state index in [0.717, 1.165) is 10.7 Å². The molecular weight excluding hydrogens is 329 g/mol. The molecule has 0 amide bonds. The van der Waals surface area contributed by atoms with Crippen molar-refractivity contribution in [1.29, 1.82) is 0 Å². The van der Waals surface area contributed by atoms with Gasteiger partial charge < -0.3 is 15.7 Å². The van der Waals surface area contributed by atoms with Crippen molar-refractivity contribution in [3.8, 4) is 5.75 Å². The summed E-state index contributed by atoms with van der Waals surface area (Å²) in [5, 5.41) is 11.7. The van der Waals surface area contributed by atoms with E-state index >= 15 is 0 Å². The lowest BCUT2D eigenvalue weighted by molar-refractivity contribution is 0.302. The Morgan fingerprint density at radius 2 is 2.20 bits per heavy atom. The summed E-state index contributed by atoms with van der Waals surface area (Å²) in [5.41, 5.74) is 6.60. The average Bonchev–Trinajstić information content (AvgIpc) is 2.45. The number of hydrogen-bond acceptors (Lipinski definition) is 4. The molecule has 0 atom stereocenters. The van der Waals surface area contributed by atoms with Crippen LogP contribution in [0.25, 0.3) is 0 Å². The second-order valence-electron chi connectivity index (χ2n) is 3.93. The molecule has 0 fully saturated rings. The first-order valence-corrected chi connectivity index (χ1v) is 6.39. The summed E-state index contributed by atoms with van der Waals surface area (Å²) in [5.74, 6) is -0.0787. The molecule has 0 saturated carbocycles. The molecule has 2 aromatic rings. The molecule has 20 heavy (non-hydrogen) atoms. The summed E-state index contributed by atoms with van der Waals surface area (Å²) in [6.07, 6.45) is 2.62. The normalized spacial score (nSPS) is 11.4. The Hall–Kier alpha value is -2.15. The number of pyridine rings is 1. The van der Waals surface area contributed by atoms with Gasteiger partial charge in [0.2, 0.25) is 0 Å². The Morgan fingerprint density at radius 3 is 2.90 bits per heavy atom. The molecular formula is C13H11BrFN3O2. The molecule has 0 aliphatic rings. The molecule has 1 aromatic carbocycles. The molecule has 0 saturated heterocycles. The van der Waals surface area contributed by atoms with Gasteiger partial charge in [0.1, 0.15) is 18.2 Å². The second-order valence-corrected chi connectivity index (χ2v) is 4.84. The SMILES string of the molecule is N/C(=N/O)c1cc(Br)ccc1OCc1cncc(F)c1. The van der Waals surface area contributed by atoms with Crippen LogP contribution in [-0.4, -0.2) is 16.0 Å². The molecule has 5 nitrogen and oxygen atoms in total. The number of rotatable bonds is 4. The number of oxime groups is 1. The van der Waals surface area contributed by atoms with E-state index in [1.807, 2.05) is 0 Å². The number of hydrogen-bond donors (Lipinski definition) is 2. The summed E-state index contributed by atoms with van der Waals surface area (Å²) < 4.78 is 19.3. The maximum absolute atomic E-state index is 13.0. The van der Waals surface area contributed by atoms with Crippen molar-refractivity contribution in [2.24, 2.45) is 10.9 Å². The summed E-state index contributed by atoms with van der Waals surface area (Å²) in [4.78, 5) is 3.73. The maximum Gasteiger partial charge on any atom is 0.173 e. The Bertz CT molecular complexity index is 649. The number of nitrogens with zero attached hydrogens (tertiary/aromatic N) is 2. The van der Waals surface area contributed by atoms with Gasteiger partial charge in [-0.1, -0.05) is 21.1 Å². The zero-order valence-electron chi connectivity index (χ0n) is 10.3. The van der Waals surface area contributed by atoms with E-state index in [4.69, 9.17) is 15.7 Å². The van der Waals surface area contributed by atoms with Crippen LogP contribution in [0.3, 0.4) is 0 Å². The monoisotopic (exact) mass is 339 g/mol. The number of aromatic nitrogens is 1. The molecule has 0 aliphatic heterocycles. The molecule has 104 valence electrons. The first kappa shape index (κ1) is 14.3. The van der Waals surface area contributed by atoms with Gasteiger partial charge in [0, 0.05) is 16.2 Å². The molecule has 2 rings (SSSR count). The molecule has 0 aliphatic carbocycles. The first-order chi connectivity index (χ1) is 9.60. The van der Waals surface area contributed by atoms with E-state index in [-0.39, 0.29) is 12.4 Å². The van der Waals surface area contributed by atoms with Gasteiger partial charge >= 0.3 is 0 Å². The number of amidine groups is 1. The van der Waals surface area contributed by atoms with Gasteiger partial charge in [-0.15, -0.1) is 0 Å². The van der Waals surface area contributed by atoms with Crippen molar-refractivity contribution in [2.75, 3.05) is 0 Å². The van der Waals surface area contributed by atoms with Crippen molar-refractivity contribution in [3.63, 3.8) is 0 Å². The molecule has 0 radical (unpaired) electrons. The van der Waals surface area contributed by atoms with Crippen molar-refractivity contribution in [1.82, 2.24) is 4.98 Å². The minimum Gasteiger partial charge on any atom is -0.488 e. The number of halogens is 2. The van der Waals surface area contributed by atoms with Gasteiger partial charge in [-0.2, -0.15) is 0 Å². The molecule has 0 bridgehead atoms. The maximum atomic E-state index is 13.0. The number of nitrogens with two attached hydrogens (primary N) is 1. The fourth-order valence-electron chi connectivity index (χ4n) is 1.58. The summed E-state index contributed by atoms with van der Waals surface area (Å²) >= 11 is 3.29. The third kappa shape index (κ3) is 3.45. The highest BCUT2D eigenvalue weighted by molar-refractivity contribution is 9.10. The minimum atomic E-state index is -0.432. The van der Waals surface area contributed by atoms with Crippen LogP contribution in [0.15, 0.2) is 46.3 Å². The number of benzene rings is 1. The highest BCUT2D eigenvalue weighted by Crippen LogP contribution is 2.24. The van der Waals surface area contributed by atoms with E-state index in [1.54, 1.807) is 18.2 Å². The van der Waals surface area contributed by atoms with Crippen molar-refractivity contribution in [3.05, 3.63) is 58.1 Å². The van der Waals surface area contributed by atoms with Crippen molar-refractivity contribution in [2.45, 2.75) is 6.61 Å². The van der Waals surface area contributed by atoms with Crippen molar-refractivity contribution < 1.29 is 14.3 Å². The van der Waals surface area contributed by atoms with Gasteiger partial charge in [-0.05, 0) is 24.3 Å². The summed E-state index contributed by atoms with van der Waals surface area (Å²) in [7, 11) is 0. The molecule has 3 N–H and O–H groups in total. The Morgan fingerprint density at radius 1 is 1.40 bits per heavy atom. The molecule has 0 unspecified atom stereocenters. The Balaban J connectivity index is 2.21. The fraction of sp³-hybridized carbons (Fsp3) is 0.0769. The molecule has 7 heteroatoms. The average molecular weight is 340 g/mol. The Kier molecular flexibility index (Phi) is 4.52. The predicted molar refractivity (Wildman–Crippen MR) is 75.2 cm³/mol. The van der Waals surface area contributed by atoms with Crippen LogP contribution in [-0.2, 0) is 6.61 Å². The van der Waals surface area contributed by atoms with Crippen LogP contribution in [0.1, 0.15) is 11.1 Å². The van der Waals surface area contributed by atoms with Crippen LogP contribution >= 0.6 is 15.9 Å². The van der Waals surface area contributed by atoms with Crippen LogP contribution < -0.4 is 10.5 Å². The third-order valence-corrected chi connectivity index (χ3v) is 2.97.